The lowest BCUT2D eigenvalue weighted by molar-refractivity contribution is -0.137. The summed E-state index contributed by atoms with van der Waals surface area (Å²) in [6, 6.07) is 15.0. The molecule has 0 spiro atoms. The van der Waals surface area contributed by atoms with Crippen LogP contribution in [0.1, 0.15) is 74.6 Å². The van der Waals surface area contributed by atoms with Crippen molar-refractivity contribution >= 4 is 17.3 Å². The maximum Gasteiger partial charge on any atom is 0.303 e. The molecule has 4 rings (SSSR count). The number of benzene rings is 2. The fraction of sp³-hybridized carbons (Fsp3) is 0.467. The van der Waals surface area contributed by atoms with Crippen molar-refractivity contribution in [1.82, 2.24) is 15.1 Å². The van der Waals surface area contributed by atoms with E-state index in [1.165, 1.54) is 11.1 Å². The molecule has 0 amide bonds. The standard InChI is InChI=1S/C30H36N4O2S/c1-4-25-26(21-12-15-34(16-13-21)14-6-9-28(35)36)7-5-8-27(25)30-33-32-29(37-30)23-11-10-22(17-20(2)3)24(18-23)19-31/h5,7-8,10-11,18,20-21H,4,6,9,12-17H2,1-3H3,(H,35,36). The van der Waals surface area contributed by atoms with Crippen LogP contribution in [-0.2, 0) is 17.6 Å². The fourth-order valence-electron chi connectivity index (χ4n) is 5.38. The molecule has 0 atom stereocenters. The fourth-order valence-corrected chi connectivity index (χ4v) is 6.28. The van der Waals surface area contributed by atoms with Crippen molar-refractivity contribution in [2.45, 2.75) is 65.2 Å². The number of aliphatic carboxylic acids is 1. The lowest BCUT2D eigenvalue weighted by Crippen LogP contribution is -2.34. The predicted octanol–water partition coefficient (Wildman–Crippen LogP) is 6.55. The number of rotatable bonds is 10. The molecule has 7 heteroatoms. The van der Waals surface area contributed by atoms with Gasteiger partial charge in [-0.15, -0.1) is 10.2 Å². The van der Waals surface area contributed by atoms with E-state index in [2.05, 4.69) is 72.3 Å². The summed E-state index contributed by atoms with van der Waals surface area (Å²) < 4.78 is 0. The zero-order valence-electron chi connectivity index (χ0n) is 22.0. The van der Waals surface area contributed by atoms with E-state index in [0.29, 0.717) is 23.8 Å². The van der Waals surface area contributed by atoms with Crippen molar-refractivity contribution < 1.29 is 9.90 Å². The first kappa shape index (κ1) is 27.0. The SMILES string of the molecule is CCc1c(-c2nnc(-c3ccc(CC(C)C)c(C#N)c3)s2)cccc1C1CCN(CCCC(=O)O)CC1. The Morgan fingerprint density at radius 1 is 1.19 bits per heavy atom. The Kier molecular flexibility index (Phi) is 9.07. The van der Waals surface area contributed by atoms with Crippen LogP contribution < -0.4 is 0 Å². The number of carbonyl (C=O) groups is 1. The maximum atomic E-state index is 10.8. The van der Waals surface area contributed by atoms with Crippen molar-refractivity contribution in [3.63, 3.8) is 0 Å². The average molecular weight is 517 g/mol. The van der Waals surface area contributed by atoms with Gasteiger partial charge in [-0.25, -0.2) is 0 Å². The van der Waals surface area contributed by atoms with Crippen LogP contribution in [0.2, 0.25) is 0 Å². The van der Waals surface area contributed by atoms with Gasteiger partial charge in [-0.05, 0) is 86.3 Å². The number of hydrogen-bond acceptors (Lipinski definition) is 6. The van der Waals surface area contributed by atoms with E-state index in [0.717, 1.165) is 72.0 Å². The molecule has 0 aliphatic carbocycles. The molecule has 0 bridgehead atoms. The van der Waals surface area contributed by atoms with Gasteiger partial charge in [-0.2, -0.15) is 5.26 Å². The molecule has 37 heavy (non-hydrogen) atoms. The van der Waals surface area contributed by atoms with Gasteiger partial charge in [0, 0.05) is 17.5 Å². The minimum atomic E-state index is -0.715. The summed E-state index contributed by atoms with van der Waals surface area (Å²) in [5, 5.41) is 29.4. The van der Waals surface area contributed by atoms with Gasteiger partial charge >= 0.3 is 5.97 Å². The molecule has 194 valence electrons. The van der Waals surface area contributed by atoms with Gasteiger partial charge in [0.05, 0.1) is 11.6 Å². The summed E-state index contributed by atoms with van der Waals surface area (Å²) in [6.45, 7) is 9.41. The highest BCUT2D eigenvalue weighted by molar-refractivity contribution is 7.17. The molecular weight excluding hydrogens is 480 g/mol. The Morgan fingerprint density at radius 2 is 1.95 bits per heavy atom. The largest absolute Gasteiger partial charge is 0.481 e. The first-order chi connectivity index (χ1) is 17.9. The second kappa shape index (κ2) is 12.4. The van der Waals surface area contributed by atoms with Crippen LogP contribution in [0.4, 0.5) is 0 Å². The second-order valence-corrected chi connectivity index (χ2v) is 11.3. The minimum absolute atomic E-state index is 0.242. The maximum absolute atomic E-state index is 10.8. The van der Waals surface area contributed by atoms with Gasteiger partial charge in [0.25, 0.3) is 0 Å². The minimum Gasteiger partial charge on any atom is -0.481 e. The smallest absolute Gasteiger partial charge is 0.303 e. The van der Waals surface area contributed by atoms with Crippen molar-refractivity contribution in [3.8, 4) is 27.2 Å². The molecule has 1 aromatic heterocycles. The summed E-state index contributed by atoms with van der Waals surface area (Å²) in [6.07, 6.45) is 4.95. The summed E-state index contributed by atoms with van der Waals surface area (Å²) in [4.78, 5) is 13.2. The Bertz CT molecular complexity index is 1270. The van der Waals surface area contributed by atoms with Crippen LogP contribution in [0, 0.1) is 17.2 Å². The Morgan fingerprint density at radius 3 is 2.62 bits per heavy atom. The molecule has 3 aromatic rings. The van der Waals surface area contributed by atoms with Crippen LogP contribution in [0.25, 0.3) is 21.1 Å². The van der Waals surface area contributed by atoms with E-state index in [1.54, 1.807) is 11.3 Å². The number of hydrogen-bond donors (Lipinski definition) is 1. The number of carboxylic acid groups (broad SMARTS) is 1. The first-order valence-electron chi connectivity index (χ1n) is 13.3. The topological polar surface area (TPSA) is 90.1 Å². The Hall–Kier alpha value is -3.08. The van der Waals surface area contributed by atoms with E-state index in [1.807, 2.05) is 6.07 Å². The van der Waals surface area contributed by atoms with Gasteiger partial charge in [0.15, 0.2) is 0 Å². The number of nitrogens with zero attached hydrogens (tertiary/aromatic N) is 4. The number of likely N-dealkylation sites (tertiary alicyclic amines) is 1. The number of nitriles is 1. The van der Waals surface area contributed by atoms with Gasteiger partial charge in [0.2, 0.25) is 0 Å². The second-order valence-electron chi connectivity index (χ2n) is 10.3. The number of piperidine rings is 1. The highest BCUT2D eigenvalue weighted by Gasteiger charge is 2.24. The van der Waals surface area contributed by atoms with Crippen molar-refractivity contribution in [2.24, 2.45) is 5.92 Å². The monoisotopic (exact) mass is 516 g/mol. The van der Waals surface area contributed by atoms with Crippen molar-refractivity contribution in [1.29, 1.82) is 5.26 Å². The van der Waals surface area contributed by atoms with Crippen LogP contribution in [-0.4, -0.2) is 45.8 Å². The highest BCUT2D eigenvalue weighted by atomic mass is 32.1. The van der Waals surface area contributed by atoms with Crippen LogP contribution in [0.15, 0.2) is 36.4 Å². The van der Waals surface area contributed by atoms with E-state index < -0.39 is 5.97 Å². The molecule has 1 aliphatic heterocycles. The summed E-state index contributed by atoms with van der Waals surface area (Å²) in [5.74, 6) is 0.285. The zero-order valence-corrected chi connectivity index (χ0v) is 22.9. The molecule has 1 saturated heterocycles. The molecule has 0 saturated carbocycles. The van der Waals surface area contributed by atoms with Gasteiger partial charge < -0.3 is 10.0 Å². The molecule has 1 aliphatic rings. The lowest BCUT2D eigenvalue weighted by atomic mass is 9.84. The zero-order chi connectivity index (χ0) is 26.4. The van der Waals surface area contributed by atoms with E-state index >= 15 is 0 Å². The third kappa shape index (κ3) is 6.63. The third-order valence-corrected chi connectivity index (χ3v) is 8.22. The van der Waals surface area contributed by atoms with Crippen molar-refractivity contribution in [2.75, 3.05) is 19.6 Å². The number of carboxylic acids is 1. The van der Waals surface area contributed by atoms with Gasteiger partial charge in [-0.3, -0.25) is 4.79 Å². The molecule has 2 heterocycles. The average Bonchev–Trinajstić information content (AvgIpc) is 3.38. The predicted molar refractivity (Wildman–Crippen MR) is 149 cm³/mol. The summed E-state index contributed by atoms with van der Waals surface area (Å²) >= 11 is 1.59. The van der Waals surface area contributed by atoms with Crippen LogP contribution in [0.5, 0.6) is 0 Å². The molecule has 1 N–H and O–H groups in total. The van der Waals surface area contributed by atoms with E-state index in [9.17, 15) is 10.1 Å². The van der Waals surface area contributed by atoms with Gasteiger partial charge in [0.1, 0.15) is 10.0 Å². The molecule has 2 aromatic carbocycles. The van der Waals surface area contributed by atoms with E-state index in [-0.39, 0.29) is 6.42 Å². The number of aromatic nitrogens is 2. The first-order valence-corrected chi connectivity index (χ1v) is 14.1. The van der Waals surface area contributed by atoms with Crippen LogP contribution >= 0.6 is 11.3 Å². The molecular formula is C30H36N4O2S. The molecule has 0 radical (unpaired) electrons. The van der Waals surface area contributed by atoms with E-state index in [4.69, 9.17) is 5.11 Å². The molecule has 1 fully saturated rings. The lowest BCUT2D eigenvalue weighted by Gasteiger charge is -2.33. The third-order valence-electron chi connectivity index (χ3n) is 7.22. The quantitative estimate of drug-likeness (QED) is 0.329. The van der Waals surface area contributed by atoms with Crippen LogP contribution in [0.3, 0.4) is 0 Å². The van der Waals surface area contributed by atoms with Gasteiger partial charge in [-0.1, -0.05) is 62.4 Å². The Labute approximate surface area is 224 Å². The molecule has 6 nitrogen and oxygen atoms in total. The highest BCUT2D eigenvalue weighted by Crippen LogP contribution is 2.38. The summed E-state index contributed by atoms with van der Waals surface area (Å²) in [5.41, 5.74) is 6.65. The summed E-state index contributed by atoms with van der Waals surface area (Å²) in [7, 11) is 0. The van der Waals surface area contributed by atoms with Crippen molar-refractivity contribution in [3.05, 3.63) is 58.7 Å². The normalized spacial score (nSPS) is 14.7. The molecule has 0 unspecified atom stereocenters. The Balaban J connectivity index is 1.52.